The Morgan fingerprint density at radius 2 is 2.07 bits per heavy atom. The Balaban J connectivity index is 3.98. The molecule has 4 N–H and O–H groups in total. The van der Waals surface area contributed by atoms with E-state index in [2.05, 4.69) is 12.2 Å². The average Bonchev–Trinajstić information content (AvgIpc) is 2.21. The number of aliphatic hydroxyl groups is 1. The van der Waals surface area contributed by atoms with Crippen LogP contribution in [0.4, 0.5) is 0 Å². The van der Waals surface area contributed by atoms with E-state index in [1.807, 2.05) is 13.8 Å². The quantitative estimate of drug-likeness (QED) is 0.584. The van der Waals surface area contributed by atoms with Crippen LogP contribution in [0.15, 0.2) is 0 Å². The molecule has 0 aliphatic heterocycles. The van der Waals surface area contributed by atoms with Gasteiger partial charge in [0.05, 0.1) is 18.7 Å². The topological polar surface area (TPSA) is 75.4 Å². The first kappa shape index (κ1) is 14.4. The van der Waals surface area contributed by atoms with E-state index >= 15 is 0 Å². The van der Waals surface area contributed by atoms with E-state index in [1.165, 1.54) is 0 Å². The third-order valence-corrected chi connectivity index (χ3v) is 2.53. The van der Waals surface area contributed by atoms with Crippen molar-refractivity contribution in [1.29, 1.82) is 0 Å². The molecule has 0 aromatic carbocycles. The highest BCUT2D eigenvalue weighted by Crippen LogP contribution is 2.03. The van der Waals surface area contributed by atoms with Gasteiger partial charge in [0.25, 0.3) is 0 Å². The lowest BCUT2D eigenvalue weighted by Crippen LogP contribution is -2.48. The second kappa shape index (κ2) is 7.65. The third kappa shape index (κ3) is 5.74. The molecule has 0 saturated heterocycles. The molecule has 2 atom stereocenters. The van der Waals surface area contributed by atoms with E-state index in [-0.39, 0.29) is 24.5 Å². The fraction of sp³-hybridized carbons (Fsp3) is 0.909. The van der Waals surface area contributed by atoms with E-state index in [1.54, 1.807) is 0 Å². The molecule has 0 bridgehead atoms. The van der Waals surface area contributed by atoms with Crippen molar-refractivity contribution in [2.45, 2.75) is 52.1 Å². The van der Waals surface area contributed by atoms with Crippen LogP contribution in [-0.2, 0) is 4.79 Å². The molecule has 0 radical (unpaired) electrons. The Morgan fingerprint density at radius 1 is 1.47 bits per heavy atom. The van der Waals surface area contributed by atoms with Crippen LogP contribution in [0.3, 0.4) is 0 Å². The highest BCUT2D eigenvalue weighted by atomic mass is 16.3. The van der Waals surface area contributed by atoms with Gasteiger partial charge in [-0.15, -0.1) is 0 Å². The highest BCUT2D eigenvalue weighted by Gasteiger charge is 2.19. The van der Waals surface area contributed by atoms with Gasteiger partial charge in [-0.25, -0.2) is 0 Å². The zero-order chi connectivity index (χ0) is 11.8. The molecule has 0 aromatic heterocycles. The molecular formula is C11H24N2O2. The summed E-state index contributed by atoms with van der Waals surface area (Å²) in [6.45, 7) is 5.94. The Bertz CT molecular complexity index is 183. The minimum absolute atomic E-state index is 0.0378. The van der Waals surface area contributed by atoms with Gasteiger partial charge in [-0.1, -0.05) is 33.6 Å². The van der Waals surface area contributed by atoms with Crippen LogP contribution in [0.2, 0.25) is 0 Å². The molecule has 0 spiro atoms. The van der Waals surface area contributed by atoms with Gasteiger partial charge < -0.3 is 16.2 Å². The summed E-state index contributed by atoms with van der Waals surface area (Å²) in [4.78, 5) is 11.6. The van der Waals surface area contributed by atoms with Crippen molar-refractivity contribution in [2.24, 2.45) is 11.7 Å². The lowest BCUT2D eigenvalue weighted by Gasteiger charge is -2.22. The molecule has 0 heterocycles. The zero-order valence-electron chi connectivity index (χ0n) is 9.99. The first-order valence-corrected chi connectivity index (χ1v) is 5.69. The summed E-state index contributed by atoms with van der Waals surface area (Å²) in [7, 11) is 0. The van der Waals surface area contributed by atoms with Crippen molar-refractivity contribution < 1.29 is 9.90 Å². The summed E-state index contributed by atoms with van der Waals surface area (Å²) in [6.07, 6.45) is 2.70. The first-order valence-electron chi connectivity index (χ1n) is 5.69. The van der Waals surface area contributed by atoms with Crippen LogP contribution in [0.1, 0.15) is 40.0 Å². The van der Waals surface area contributed by atoms with Crippen LogP contribution < -0.4 is 11.1 Å². The number of carbonyl (C=O) groups excluding carboxylic acids is 1. The summed E-state index contributed by atoms with van der Waals surface area (Å²) >= 11 is 0. The molecule has 0 aliphatic carbocycles. The fourth-order valence-electron chi connectivity index (χ4n) is 1.27. The summed E-state index contributed by atoms with van der Waals surface area (Å²) in [5.41, 5.74) is 5.71. The minimum Gasteiger partial charge on any atom is -0.394 e. The third-order valence-electron chi connectivity index (χ3n) is 2.53. The van der Waals surface area contributed by atoms with Crippen LogP contribution in [0.5, 0.6) is 0 Å². The van der Waals surface area contributed by atoms with Crippen LogP contribution >= 0.6 is 0 Å². The zero-order valence-corrected chi connectivity index (χ0v) is 9.99. The number of unbranched alkanes of at least 4 members (excludes halogenated alkanes) is 1. The van der Waals surface area contributed by atoms with Crippen molar-refractivity contribution in [3.05, 3.63) is 0 Å². The Labute approximate surface area is 92.2 Å². The Morgan fingerprint density at radius 3 is 2.47 bits per heavy atom. The number of nitrogens with two attached hydrogens (primary N) is 1. The number of hydrogen-bond acceptors (Lipinski definition) is 3. The highest BCUT2D eigenvalue weighted by molar-refractivity contribution is 5.81. The van der Waals surface area contributed by atoms with E-state index < -0.39 is 6.04 Å². The second-order valence-corrected chi connectivity index (χ2v) is 4.29. The first-order chi connectivity index (χ1) is 7.02. The maximum atomic E-state index is 11.6. The Hall–Kier alpha value is -0.610. The number of nitrogens with one attached hydrogen (secondary N) is 1. The number of carbonyl (C=O) groups is 1. The fourth-order valence-corrected chi connectivity index (χ4v) is 1.27. The van der Waals surface area contributed by atoms with Crippen LogP contribution in [0.25, 0.3) is 0 Å². The summed E-state index contributed by atoms with van der Waals surface area (Å²) < 4.78 is 0. The molecule has 0 aromatic rings. The van der Waals surface area contributed by atoms with Gasteiger partial charge in [-0.2, -0.15) is 0 Å². The molecule has 15 heavy (non-hydrogen) atoms. The van der Waals surface area contributed by atoms with E-state index in [9.17, 15) is 4.79 Å². The lowest BCUT2D eigenvalue weighted by atomic mass is 10.0. The van der Waals surface area contributed by atoms with Gasteiger partial charge in [0, 0.05) is 0 Å². The van der Waals surface area contributed by atoms with Gasteiger partial charge in [-0.05, 0) is 12.3 Å². The van der Waals surface area contributed by atoms with Gasteiger partial charge in [-0.3, -0.25) is 4.79 Å². The second-order valence-electron chi connectivity index (χ2n) is 4.29. The normalized spacial score (nSPS) is 15.1. The molecule has 4 heteroatoms. The summed E-state index contributed by atoms with van der Waals surface area (Å²) in [5, 5.41) is 11.8. The summed E-state index contributed by atoms with van der Waals surface area (Å²) in [6, 6.07) is -0.636. The van der Waals surface area contributed by atoms with Crippen molar-refractivity contribution in [2.75, 3.05) is 6.61 Å². The van der Waals surface area contributed by atoms with Gasteiger partial charge in [0.1, 0.15) is 0 Å². The molecule has 0 saturated carbocycles. The predicted octanol–water partition coefficient (Wildman–Crippen LogP) is 0.637. The smallest absolute Gasteiger partial charge is 0.237 e. The minimum atomic E-state index is -0.447. The molecular weight excluding hydrogens is 192 g/mol. The maximum Gasteiger partial charge on any atom is 0.237 e. The maximum absolute atomic E-state index is 11.6. The van der Waals surface area contributed by atoms with Crippen molar-refractivity contribution in [3.8, 4) is 0 Å². The number of amides is 1. The van der Waals surface area contributed by atoms with Gasteiger partial charge in [0.2, 0.25) is 5.91 Å². The standard InChI is InChI=1S/C11H24N2O2/c1-4-5-6-9(12)11(15)13-10(7-14)8(2)3/h8-10,14H,4-7,12H2,1-3H3,(H,13,15)/t9-,10+/m0/s1. The lowest BCUT2D eigenvalue weighted by molar-refractivity contribution is -0.123. The Kier molecular flexibility index (Phi) is 7.34. The largest absolute Gasteiger partial charge is 0.394 e. The predicted molar refractivity (Wildman–Crippen MR) is 61.4 cm³/mol. The molecule has 0 unspecified atom stereocenters. The monoisotopic (exact) mass is 216 g/mol. The average molecular weight is 216 g/mol. The van der Waals surface area contributed by atoms with Crippen molar-refractivity contribution >= 4 is 5.91 Å². The van der Waals surface area contributed by atoms with E-state index in [0.717, 1.165) is 12.8 Å². The molecule has 0 fully saturated rings. The molecule has 1 amide bonds. The number of hydrogen-bond donors (Lipinski definition) is 3. The van der Waals surface area contributed by atoms with Gasteiger partial charge in [0.15, 0.2) is 0 Å². The van der Waals surface area contributed by atoms with Crippen LogP contribution in [0, 0.1) is 5.92 Å². The van der Waals surface area contributed by atoms with E-state index in [0.29, 0.717) is 6.42 Å². The van der Waals surface area contributed by atoms with Crippen molar-refractivity contribution in [1.82, 2.24) is 5.32 Å². The van der Waals surface area contributed by atoms with Crippen molar-refractivity contribution in [3.63, 3.8) is 0 Å². The summed E-state index contributed by atoms with van der Waals surface area (Å²) in [5.74, 6) is 0.0634. The van der Waals surface area contributed by atoms with Crippen LogP contribution in [-0.4, -0.2) is 29.7 Å². The molecule has 0 aliphatic rings. The molecule has 4 nitrogen and oxygen atoms in total. The van der Waals surface area contributed by atoms with Gasteiger partial charge >= 0.3 is 0 Å². The molecule has 0 rings (SSSR count). The van der Waals surface area contributed by atoms with E-state index in [4.69, 9.17) is 10.8 Å². The number of aliphatic hydroxyl groups excluding tert-OH is 1. The molecule has 90 valence electrons. The SMILES string of the molecule is CCCC[C@H](N)C(=O)N[C@H](CO)C(C)C. The number of rotatable bonds is 7.